The predicted molar refractivity (Wildman–Crippen MR) is 586 cm³/mol. The van der Waals surface area contributed by atoms with Gasteiger partial charge in [-0.2, -0.15) is 0 Å². The molecule has 0 bridgehead atoms. The Labute approximate surface area is 814 Å². The molecule has 0 aliphatic carbocycles. The van der Waals surface area contributed by atoms with Crippen LogP contribution in [0.1, 0.15) is 26.3 Å². The van der Waals surface area contributed by atoms with E-state index < -0.39 is 0 Å². The molecule has 0 saturated heterocycles. The summed E-state index contributed by atoms with van der Waals surface area (Å²) in [6.45, 7) is 6.68. The second kappa shape index (κ2) is 35.6. The molecule has 23 aromatic carbocycles. The number of hydrogen-bond donors (Lipinski definition) is 0. The van der Waals surface area contributed by atoms with E-state index in [0.717, 1.165) is 99.3 Å². The number of furan rings is 1. The number of fused-ring (bicyclic) bond motifs is 19. The van der Waals surface area contributed by atoms with E-state index in [-0.39, 0.29) is 5.41 Å². The van der Waals surface area contributed by atoms with Gasteiger partial charge in [-0.25, -0.2) is 44.9 Å². The third kappa shape index (κ3) is 16.0. The molecule has 0 N–H and O–H groups in total. The Balaban J connectivity index is 0.000000111. The summed E-state index contributed by atoms with van der Waals surface area (Å²) in [6, 6.07) is 166. The van der Waals surface area contributed by atoms with Gasteiger partial charge in [-0.05, 0) is 201 Å². The fourth-order valence-corrected chi connectivity index (χ4v) is 20.2. The van der Waals surface area contributed by atoms with Crippen LogP contribution in [0.15, 0.2) is 478 Å². The van der Waals surface area contributed by atoms with Crippen molar-refractivity contribution in [3.63, 3.8) is 0 Å². The Morgan fingerprint density at radius 1 is 0.149 bits per heavy atom. The first-order chi connectivity index (χ1) is 69.5. The highest BCUT2D eigenvalue weighted by Crippen LogP contribution is 2.46. The summed E-state index contributed by atoms with van der Waals surface area (Å²) in [5.74, 6) is 5.81. The first-order valence-electron chi connectivity index (χ1n) is 47.8. The molecule has 4 aromatic heterocycles. The lowest BCUT2D eigenvalue weighted by molar-refractivity contribution is 0.590. The first kappa shape index (κ1) is 84.2. The number of para-hydroxylation sites is 1. The molecule has 0 aliphatic heterocycles. The Morgan fingerprint density at radius 3 is 0.965 bits per heavy atom. The Hall–Kier alpha value is -18.5. The molecule has 0 atom stereocenters. The van der Waals surface area contributed by atoms with Crippen molar-refractivity contribution in [3.05, 3.63) is 479 Å². The van der Waals surface area contributed by atoms with E-state index in [1.807, 2.05) is 152 Å². The van der Waals surface area contributed by atoms with Crippen molar-refractivity contribution < 1.29 is 4.42 Å². The molecule has 0 unspecified atom stereocenters. The van der Waals surface area contributed by atoms with Crippen LogP contribution in [0.5, 0.6) is 0 Å². The van der Waals surface area contributed by atoms with Crippen molar-refractivity contribution in [2.75, 3.05) is 0 Å². The average molecular weight is 1800 g/mol. The summed E-state index contributed by atoms with van der Waals surface area (Å²) in [4.78, 5) is 45.3. The third-order valence-corrected chi connectivity index (χ3v) is 27.3. The molecule has 0 radical (unpaired) electrons. The molecular formula is C131H87N9O. The van der Waals surface area contributed by atoms with E-state index in [0.29, 0.717) is 52.4 Å². The van der Waals surface area contributed by atoms with E-state index in [9.17, 15) is 0 Å². The summed E-state index contributed by atoms with van der Waals surface area (Å²) < 4.78 is 6.23. The zero-order valence-corrected chi connectivity index (χ0v) is 77.5. The van der Waals surface area contributed by atoms with Gasteiger partial charge >= 0.3 is 0 Å². The highest BCUT2D eigenvalue weighted by atomic mass is 16.3. The van der Waals surface area contributed by atoms with Crippen molar-refractivity contribution in [2.45, 2.75) is 26.2 Å². The van der Waals surface area contributed by atoms with Gasteiger partial charge in [-0.15, -0.1) is 0 Å². The van der Waals surface area contributed by atoms with Gasteiger partial charge < -0.3 is 4.42 Å². The number of aromatic nitrogens is 9. The van der Waals surface area contributed by atoms with Crippen LogP contribution in [0.4, 0.5) is 0 Å². The zero-order chi connectivity index (χ0) is 94.0. The zero-order valence-electron chi connectivity index (χ0n) is 77.5. The molecule has 10 nitrogen and oxygen atoms in total. The fraction of sp³-hybridized carbons (Fsp3) is 0.0305. The average Bonchev–Trinajstić information content (AvgIpc) is 1.43. The Bertz CT molecular complexity index is 9510. The number of hydrogen-bond acceptors (Lipinski definition) is 10. The van der Waals surface area contributed by atoms with Crippen LogP contribution in [0.2, 0.25) is 0 Å². The van der Waals surface area contributed by atoms with Gasteiger partial charge in [0.2, 0.25) is 0 Å². The number of benzene rings is 23. The van der Waals surface area contributed by atoms with E-state index in [1.54, 1.807) is 0 Å². The summed E-state index contributed by atoms with van der Waals surface area (Å²) in [6.07, 6.45) is 0. The van der Waals surface area contributed by atoms with Gasteiger partial charge in [0, 0.05) is 60.8 Å². The molecule has 0 amide bonds. The minimum Gasteiger partial charge on any atom is -0.456 e. The van der Waals surface area contributed by atoms with Crippen molar-refractivity contribution in [3.8, 4) is 136 Å². The summed E-state index contributed by atoms with van der Waals surface area (Å²) in [5, 5.41) is 26.4. The Kier molecular flexibility index (Phi) is 21.3. The van der Waals surface area contributed by atoms with Crippen LogP contribution >= 0.6 is 0 Å². The lowest BCUT2D eigenvalue weighted by Crippen LogP contribution is -2.10. The second-order valence-corrected chi connectivity index (χ2v) is 37.0. The highest BCUT2D eigenvalue weighted by molar-refractivity contribution is 6.24. The topological polar surface area (TPSA) is 129 Å². The summed E-state index contributed by atoms with van der Waals surface area (Å²) in [5.41, 5.74) is 18.7. The van der Waals surface area contributed by atoms with Gasteiger partial charge in [0.25, 0.3) is 0 Å². The van der Waals surface area contributed by atoms with Gasteiger partial charge in [0.15, 0.2) is 52.4 Å². The fourth-order valence-electron chi connectivity index (χ4n) is 20.2. The van der Waals surface area contributed by atoms with Crippen LogP contribution < -0.4 is 0 Å². The maximum atomic E-state index is 6.23. The summed E-state index contributed by atoms with van der Waals surface area (Å²) in [7, 11) is 0. The monoisotopic (exact) mass is 1800 g/mol. The lowest BCUT2D eigenvalue weighted by Gasteiger charge is -2.19. The normalized spacial score (nSPS) is 11.7. The van der Waals surface area contributed by atoms with Crippen molar-refractivity contribution in [2.24, 2.45) is 0 Å². The van der Waals surface area contributed by atoms with Gasteiger partial charge in [-0.3, -0.25) is 0 Å². The number of nitrogens with zero attached hydrogens (tertiary/aromatic N) is 9. The molecule has 0 aliphatic rings. The van der Waals surface area contributed by atoms with Crippen LogP contribution in [-0.2, 0) is 5.41 Å². The first-order valence-corrected chi connectivity index (χ1v) is 47.8. The van der Waals surface area contributed by atoms with E-state index in [2.05, 4.69) is 342 Å². The predicted octanol–water partition coefficient (Wildman–Crippen LogP) is 34.3. The quantitative estimate of drug-likeness (QED) is 0.109. The maximum absolute atomic E-state index is 6.23. The third-order valence-electron chi connectivity index (χ3n) is 27.3. The van der Waals surface area contributed by atoms with Crippen LogP contribution in [0.3, 0.4) is 0 Å². The number of rotatable bonds is 12. The standard InChI is InChI=1S/C45H27N3O.C43H27N3.C43H33N3/c1-3-12-28(13-4-1)38-27-39-34(32-16-7-8-17-33(32)38)25-24-29-22-23-31(26-37(29)39)44-46-43(30-14-5-2-6-15-30)47-45(48-44)36-19-11-21-41-42(36)35-18-9-10-20-40(35)49-41;1-3-12-30(13-4-1)41-44-42(31-14-5-2-6-15-31)46-43(45-41)34-25-32-16-8-10-18-36(32)40(27-34)33-20-19-29-22-23-37-35-17-9-7-11-28(35)21-24-38(37)39(29)26-33;1-43(2,3)33-22-19-31(20-23-33)41-44-40(30-13-8-5-9-14-30)45-42(46-41)32-18-17-29-21-24-37-35-16-10-15-34(28-11-6-4-7-12-28)36(35)25-26-38(37)39(29)27-32/h1-27H;1-27H;4-27H,1-3H3. The molecular weight excluding hydrogens is 1720 g/mol. The van der Waals surface area contributed by atoms with Crippen LogP contribution in [0, 0.1) is 0 Å². The van der Waals surface area contributed by atoms with E-state index in [1.165, 1.54) is 119 Å². The van der Waals surface area contributed by atoms with Gasteiger partial charge in [0.1, 0.15) is 11.2 Å². The molecule has 662 valence electrons. The van der Waals surface area contributed by atoms with Crippen molar-refractivity contribution in [1.29, 1.82) is 0 Å². The van der Waals surface area contributed by atoms with Crippen LogP contribution in [-0.4, -0.2) is 44.9 Å². The van der Waals surface area contributed by atoms with Crippen LogP contribution in [0.25, 0.3) is 266 Å². The summed E-state index contributed by atoms with van der Waals surface area (Å²) >= 11 is 0. The molecule has 141 heavy (non-hydrogen) atoms. The molecule has 27 aromatic rings. The minimum absolute atomic E-state index is 0.0697. The highest BCUT2D eigenvalue weighted by Gasteiger charge is 2.24. The minimum atomic E-state index is 0.0697. The van der Waals surface area contributed by atoms with Gasteiger partial charge in [-0.1, -0.05) is 445 Å². The smallest absolute Gasteiger partial charge is 0.164 e. The van der Waals surface area contributed by atoms with Crippen molar-refractivity contribution in [1.82, 2.24) is 44.9 Å². The van der Waals surface area contributed by atoms with E-state index >= 15 is 0 Å². The van der Waals surface area contributed by atoms with Crippen molar-refractivity contribution >= 4 is 130 Å². The lowest BCUT2D eigenvalue weighted by atomic mass is 9.87. The Morgan fingerprint density at radius 2 is 0.447 bits per heavy atom. The SMILES string of the molecule is CC(C)(C)c1ccc(-c2nc(-c3ccccc3)nc(-c3ccc4ccc5c6cccc(-c7ccccc7)c6ccc5c4c3)n2)cc1.c1ccc(-c2nc(-c3ccc4ccc5c6ccccc6c(-c6ccccc6)cc5c4c3)nc(-c3cccc4oc5ccccc5c34)n2)cc1.c1ccc(-c2nc(-c3ccccc3)nc(-c3cc(-c4ccc5ccc6c7ccccc7ccc6c5c4)c4ccccc4c3)n2)cc1. The largest absolute Gasteiger partial charge is 0.456 e. The molecule has 10 heteroatoms. The molecule has 4 heterocycles. The maximum Gasteiger partial charge on any atom is 0.164 e. The van der Waals surface area contributed by atoms with Gasteiger partial charge in [0.05, 0.1) is 0 Å². The molecule has 0 spiro atoms. The van der Waals surface area contributed by atoms with E-state index in [4.69, 9.17) is 49.3 Å². The molecule has 27 rings (SSSR count). The second-order valence-electron chi connectivity index (χ2n) is 37.0. The molecule has 0 fully saturated rings. The molecule has 0 saturated carbocycles.